The van der Waals surface area contributed by atoms with Crippen LogP contribution in [0.5, 0.6) is 0 Å². The molecule has 5 heteroatoms. The molecule has 2 bridgehead atoms. The Bertz CT molecular complexity index is 842. The molecule has 29 heavy (non-hydrogen) atoms. The van der Waals surface area contributed by atoms with Gasteiger partial charge in [-0.15, -0.1) is 0 Å². The number of cyclic esters (lactones) is 2. The molecule has 1 saturated heterocycles. The molecular weight excluding hydrogens is 368 g/mol. The first-order valence-electron chi connectivity index (χ1n) is 11.3. The number of carbonyl (C=O) groups excluding carboxylic acids is 2. The van der Waals surface area contributed by atoms with Crippen LogP contribution in [0.25, 0.3) is 0 Å². The highest BCUT2D eigenvalue weighted by Gasteiger charge is 2.73. The molecule has 5 aliphatic carbocycles. The highest BCUT2D eigenvalue weighted by molar-refractivity contribution is 5.98. The third-order valence-electron chi connectivity index (χ3n) is 9.89. The fraction of sp³-hybridized carbons (Fsp3) is 0.792. The minimum Gasteiger partial charge on any atom is -0.481 e. The molecule has 3 saturated carbocycles. The van der Waals surface area contributed by atoms with Crippen LogP contribution in [0.3, 0.4) is 0 Å². The number of fused-ring (bicyclic) bond motifs is 1. The van der Waals surface area contributed by atoms with Gasteiger partial charge in [0.25, 0.3) is 0 Å². The molecule has 0 aromatic carbocycles. The van der Waals surface area contributed by atoms with Gasteiger partial charge in [0.05, 0.1) is 17.3 Å². The van der Waals surface area contributed by atoms with Crippen LogP contribution in [-0.2, 0) is 19.1 Å². The zero-order chi connectivity index (χ0) is 20.9. The minimum absolute atomic E-state index is 0.0550. The quantitative estimate of drug-likeness (QED) is 0.427. The summed E-state index contributed by atoms with van der Waals surface area (Å²) in [6, 6.07) is 0. The summed E-state index contributed by atoms with van der Waals surface area (Å²) >= 11 is 0. The standard InChI is InChI=1S/C24H32O5/c1-12(2)14-11-24-9-6-15-22(3,7-5-8-23(15,4)21(27)28)16(24)10-13(14)17-18(24)20(26)29-19(17)25/h11-13,15-18H,5-10H2,1-4H3,(H,27,28)/t13-,15+,16+,17+,18-,22+,23-,24+/m1/s1. The van der Waals surface area contributed by atoms with Gasteiger partial charge in [-0.25, -0.2) is 0 Å². The van der Waals surface area contributed by atoms with Crippen molar-refractivity contribution >= 4 is 17.9 Å². The summed E-state index contributed by atoms with van der Waals surface area (Å²) in [6.07, 6.45) is 7.48. The molecule has 1 N–H and O–H groups in total. The Morgan fingerprint density at radius 3 is 2.52 bits per heavy atom. The number of carboxylic acids is 1. The minimum atomic E-state index is -0.707. The highest BCUT2D eigenvalue weighted by atomic mass is 16.6. The molecule has 6 aliphatic rings. The molecular formula is C24H32O5. The molecule has 1 spiro atoms. The first kappa shape index (κ1) is 19.3. The smallest absolute Gasteiger partial charge is 0.318 e. The third kappa shape index (κ3) is 2.14. The molecule has 5 nitrogen and oxygen atoms in total. The Hall–Kier alpha value is -1.65. The van der Waals surface area contributed by atoms with Crippen molar-refractivity contribution in [2.45, 2.75) is 66.2 Å². The number of esters is 2. The molecule has 158 valence electrons. The van der Waals surface area contributed by atoms with E-state index in [0.29, 0.717) is 5.92 Å². The molecule has 1 aliphatic heterocycles. The largest absolute Gasteiger partial charge is 0.481 e. The van der Waals surface area contributed by atoms with Crippen LogP contribution in [0.15, 0.2) is 11.6 Å². The molecule has 1 heterocycles. The SMILES string of the molecule is CC(C)C1=C[C@@]23CC[C@H]4[C@](C)(CCC[C@@]4(C)C(=O)O)[C@@H]2C[C@H]1[C@@H]1C(=O)OC(=O)[C@@H]13. The molecule has 0 amide bonds. The first-order chi connectivity index (χ1) is 13.6. The lowest BCUT2D eigenvalue weighted by Gasteiger charge is -2.68. The number of rotatable bonds is 2. The maximum absolute atomic E-state index is 12.9. The van der Waals surface area contributed by atoms with Crippen LogP contribution in [-0.4, -0.2) is 23.0 Å². The monoisotopic (exact) mass is 400 g/mol. The Labute approximate surface area is 172 Å². The number of carbonyl (C=O) groups is 3. The number of hydrogen-bond donors (Lipinski definition) is 1. The van der Waals surface area contributed by atoms with E-state index < -0.39 is 11.4 Å². The van der Waals surface area contributed by atoms with Gasteiger partial charge in [0, 0.05) is 5.41 Å². The number of aliphatic carboxylic acids is 1. The lowest BCUT2D eigenvalue weighted by molar-refractivity contribution is -0.195. The summed E-state index contributed by atoms with van der Waals surface area (Å²) in [4.78, 5) is 37.8. The van der Waals surface area contributed by atoms with E-state index in [1.807, 2.05) is 6.92 Å². The highest BCUT2D eigenvalue weighted by Crippen LogP contribution is 2.74. The van der Waals surface area contributed by atoms with Crippen molar-refractivity contribution in [1.82, 2.24) is 0 Å². The van der Waals surface area contributed by atoms with E-state index in [1.54, 1.807) is 0 Å². The lowest BCUT2D eigenvalue weighted by Crippen LogP contribution is -2.65. The summed E-state index contributed by atoms with van der Waals surface area (Å²) in [6.45, 7) is 8.56. The second kappa shape index (κ2) is 5.73. The Morgan fingerprint density at radius 1 is 1.14 bits per heavy atom. The summed E-state index contributed by atoms with van der Waals surface area (Å²) in [7, 11) is 0. The fourth-order valence-electron chi connectivity index (χ4n) is 8.76. The molecule has 4 fully saturated rings. The van der Waals surface area contributed by atoms with Gasteiger partial charge in [-0.2, -0.15) is 0 Å². The molecule has 0 aromatic rings. The van der Waals surface area contributed by atoms with Gasteiger partial charge in [0.15, 0.2) is 0 Å². The molecule has 0 unspecified atom stereocenters. The van der Waals surface area contributed by atoms with Gasteiger partial charge < -0.3 is 9.84 Å². The van der Waals surface area contributed by atoms with E-state index in [-0.39, 0.29) is 52.4 Å². The van der Waals surface area contributed by atoms with Gasteiger partial charge in [0.2, 0.25) is 0 Å². The average molecular weight is 401 g/mol. The zero-order valence-corrected chi connectivity index (χ0v) is 17.9. The lowest BCUT2D eigenvalue weighted by atomic mass is 9.34. The molecule has 6 rings (SSSR count). The van der Waals surface area contributed by atoms with E-state index in [0.717, 1.165) is 38.5 Å². The molecule has 0 aromatic heterocycles. The van der Waals surface area contributed by atoms with Crippen molar-refractivity contribution < 1.29 is 24.2 Å². The fourth-order valence-corrected chi connectivity index (χ4v) is 8.76. The van der Waals surface area contributed by atoms with Crippen molar-refractivity contribution in [2.24, 2.45) is 51.8 Å². The predicted molar refractivity (Wildman–Crippen MR) is 105 cm³/mol. The van der Waals surface area contributed by atoms with Crippen LogP contribution in [0, 0.1) is 51.8 Å². The Morgan fingerprint density at radius 2 is 1.86 bits per heavy atom. The van der Waals surface area contributed by atoms with Crippen molar-refractivity contribution in [3.63, 3.8) is 0 Å². The maximum atomic E-state index is 12.9. The van der Waals surface area contributed by atoms with Crippen LogP contribution >= 0.6 is 0 Å². The van der Waals surface area contributed by atoms with E-state index in [9.17, 15) is 19.5 Å². The second-order valence-electron chi connectivity index (χ2n) is 11.2. The zero-order valence-electron chi connectivity index (χ0n) is 17.9. The van der Waals surface area contributed by atoms with Gasteiger partial charge in [-0.1, -0.05) is 38.8 Å². The Kier molecular flexibility index (Phi) is 3.82. The predicted octanol–water partition coefficient (Wildman–Crippen LogP) is 4.21. The third-order valence-corrected chi connectivity index (χ3v) is 9.89. The van der Waals surface area contributed by atoms with Crippen LogP contribution in [0.4, 0.5) is 0 Å². The van der Waals surface area contributed by atoms with Crippen molar-refractivity contribution in [3.8, 4) is 0 Å². The number of allylic oxidation sites excluding steroid dienone is 2. The van der Waals surface area contributed by atoms with Crippen molar-refractivity contribution in [3.05, 3.63) is 11.6 Å². The van der Waals surface area contributed by atoms with Crippen LogP contribution in [0.2, 0.25) is 0 Å². The summed E-state index contributed by atoms with van der Waals surface area (Å²) in [5, 5.41) is 10.1. The Balaban J connectivity index is 1.67. The summed E-state index contributed by atoms with van der Waals surface area (Å²) in [5.74, 6) is -1.33. The number of carboxylic acid groups (broad SMARTS) is 1. The number of hydrogen-bond acceptors (Lipinski definition) is 4. The van der Waals surface area contributed by atoms with E-state index in [2.05, 4.69) is 26.8 Å². The van der Waals surface area contributed by atoms with E-state index in [4.69, 9.17) is 4.74 Å². The van der Waals surface area contributed by atoms with Crippen LogP contribution < -0.4 is 0 Å². The van der Waals surface area contributed by atoms with E-state index >= 15 is 0 Å². The van der Waals surface area contributed by atoms with Gasteiger partial charge in [-0.05, 0) is 68.1 Å². The molecule has 0 radical (unpaired) electrons. The van der Waals surface area contributed by atoms with Crippen molar-refractivity contribution in [2.75, 3.05) is 0 Å². The number of ether oxygens (including phenoxy) is 1. The van der Waals surface area contributed by atoms with Crippen molar-refractivity contribution in [1.29, 1.82) is 0 Å². The summed E-state index contributed by atoms with van der Waals surface area (Å²) < 4.78 is 5.20. The maximum Gasteiger partial charge on any atom is 0.318 e. The van der Waals surface area contributed by atoms with Gasteiger partial charge in [0.1, 0.15) is 0 Å². The second-order valence-corrected chi connectivity index (χ2v) is 11.2. The summed E-state index contributed by atoms with van der Waals surface area (Å²) in [5.41, 5.74) is 0.122. The van der Waals surface area contributed by atoms with E-state index in [1.165, 1.54) is 5.57 Å². The normalized spacial score (nSPS) is 50.5. The topological polar surface area (TPSA) is 80.7 Å². The van der Waals surface area contributed by atoms with Gasteiger partial charge in [-0.3, -0.25) is 14.4 Å². The molecule has 8 atom stereocenters. The first-order valence-corrected chi connectivity index (χ1v) is 11.3. The average Bonchev–Trinajstić information content (AvgIpc) is 2.97. The van der Waals surface area contributed by atoms with Crippen LogP contribution in [0.1, 0.15) is 66.2 Å². The van der Waals surface area contributed by atoms with Gasteiger partial charge >= 0.3 is 17.9 Å².